The largest absolute Gasteiger partial charge is 0.494 e. The van der Waals surface area contributed by atoms with Crippen molar-refractivity contribution < 1.29 is 33.0 Å². The lowest BCUT2D eigenvalue weighted by molar-refractivity contribution is -0.140. The van der Waals surface area contributed by atoms with Crippen LogP contribution in [0.1, 0.15) is 15.9 Å². The van der Waals surface area contributed by atoms with E-state index in [1.54, 1.807) is 37.4 Å². The number of hydrogen-bond acceptors (Lipinski definition) is 8. The van der Waals surface area contributed by atoms with Crippen LogP contribution in [0, 0.1) is 18.6 Å². The Hall–Kier alpha value is -5.31. The minimum Gasteiger partial charge on any atom is -0.494 e. The molecule has 2 aliphatic rings. The number of anilines is 2. The highest BCUT2D eigenvalue weighted by Crippen LogP contribution is 2.31. The maximum atomic E-state index is 14.8. The summed E-state index contributed by atoms with van der Waals surface area (Å²) in [4.78, 5) is 51.4. The number of ether oxygens (including phenoxy) is 1. The van der Waals surface area contributed by atoms with Gasteiger partial charge in [-0.1, -0.05) is 0 Å². The fourth-order valence-corrected chi connectivity index (χ4v) is 5.77. The van der Waals surface area contributed by atoms with E-state index in [2.05, 4.69) is 20.6 Å². The first-order chi connectivity index (χ1) is 22.2. The molecule has 0 saturated carbocycles. The molecule has 3 amide bonds. The average Bonchev–Trinajstić information content (AvgIpc) is 3.50. The number of imidazole rings is 1. The van der Waals surface area contributed by atoms with E-state index in [1.165, 1.54) is 31.6 Å². The molecule has 0 unspecified atom stereocenters. The standard InChI is InChI=1S/C31H32F2N8O5/c1-18-15-19(37-27-28-36-16-23(41(28)10-8-35-27)21-5-6-24(46-2)26(33)25(21)32)3-4-20(18)29(42)38-11-13-39(14-12-38)31(45)40-9-7-34-22(17-40)30(43)44/h3-6,8,10,15-16,22,34H,7,9,11-14,17H2,1-2H3,(H,35,37)(H,43,44)/t22-/m1/s1. The lowest BCUT2D eigenvalue weighted by Gasteiger charge is -2.39. The smallest absolute Gasteiger partial charge is 0.322 e. The van der Waals surface area contributed by atoms with Gasteiger partial charge in [0.25, 0.3) is 5.91 Å². The number of halogens is 2. The van der Waals surface area contributed by atoms with Gasteiger partial charge in [0.05, 0.1) is 19.0 Å². The van der Waals surface area contributed by atoms with Gasteiger partial charge in [-0.15, -0.1) is 0 Å². The van der Waals surface area contributed by atoms with E-state index in [4.69, 9.17) is 4.74 Å². The van der Waals surface area contributed by atoms with E-state index in [9.17, 15) is 28.3 Å². The Balaban J connectivity index is 1.12. The summed E-state index contributed by atoms with van der Waals surface area (Å²) in [7, 11) is 1.26. The highest BCUT2D eigenvalue weighted by Gasteiger charge is 2.32. The molecule has 46 heavy (non-hydrogen) atoms. The highest BCUT2D eigenvalue weighted by molar-refractivity contribution is 5.96. The number of nitrogens with one attached hydrogen (secondary N) is 2. The Kier molecular flexibility index (Phi) is 8.41. The van der Waals surface area contributed by atoms with Crippen molar-refractivity contribution in [3.05, 3.63) is 71.7 Å². The van der Waals surface area contributed by atoms with Crippen molar-refractivity contribution in [2.45, 2.75) is 13.0 Å². The van der Waals surface area contributed by atoms with Gasteiger partial charge in [0, 0.05) is 75.0 Å². The fourth-order valence-electron chi connectivity index (χ4n) is 5.77. The van der Waals surface area contributed by atoms with Crippen LogP contribution in [0.15, 0.2) is 48.9 Å². The van der Waals surface area contributed by atoms with Crippen molar-refractivity contribution in [3.63, 3.8) is 0 Å². The van der Waals surface area contributed by atoms with Crippen LogP contribution in [0.5, 0.6) is 5.75 Å². The number of methoxy groups -OCH3 is 1. The third-order valence-electron chi connectivity index (χ3n) is 8.27. The molecular weight excluding hydrogens is 602 g/mol. The van der Waals surface area contributed by atoms with Gasteiger partial charge >= 0.3 is 12.0 Å². The first-order valence-corrected chi connectivity index (χ1v) is 14.7. The number of urea groups is 1. The molecule has 2 aromatic heterocycles. The van der Waals surface area contributed by atoms with Crippen molar-refractivity contribution in [2.24, 2.45) is 0 Å². The third kappa shape index (κ3) is 5.76. The van der Waals surface area contributed by atoms with Gasteiger partial charge in [0.2, 0.25) is 5.82 Å². The summed E-state index contributed by atoms with van der Waals surface area (Å²) in [6.07, 6.45) is 4.55. The van der Waals surface area contributed by atoms with Gasteiger partial charge in [-0.2, -0.15) is 4.39 Å². The number of benzene rings is 2. The molecule has 0 aliphatic carbocycles. The summed E-state index contributed by atoms with van der Waals surface area (Å²) in [6, 6.07) is 7.04. The van der Waals surface area contributed by atoms with Crippen LogP contribution >= 0.6 is 0 Å². The quantitative estimate of drug-likeness (QED) is 0.292. The van der Waals surface area contributed by atoms with Gasteiger partial charge in [-0.05, 0) is 42.8 Å². The van der Waals surface area contributed by atoms with Crippen molar-refractivity contribution in [3.8, 4) is 17.0 Å². The number of carbonyl (C=O) groups excluding carboxylic acids is 2. The van der Waals surface area contributed by atoms with E-state index < -0.39 is 23.6 Å². The predicted octanol–water partition coefficient (Wildman–Crippen LogP) is 2.97. The summed E-state index contributed by atoms with van der Waals surface area (Å²) < 4.78 is 35.7. The topological polar surface area (TPSA) is 145 Å². The summed E-state index contributed by atoms with van der Waals surface area (Å²) in [5, 5.41) is 15.4. The van der Waals surface area contributed by atoms with E-state index >= 15 is 0 Å². The van der Waals surface area contributed by atoms with Crippen LogP contribution in [-0.2, 0) is 4.79 Å². The van der Waals surface area contributed by atoms with Gasteiger partial charge in [0.15, 0.2) is 23.0 Å². The maximum Gasteiger partial charge on any atom is 0.322 e. The van der Waals surface area contributed by atoms with E-state index in [-0.39, 0.29) is 29.8 Å². The van der Waals surface area contributed by atoms with Gasteiger partial charge in [-0.25, -0.2) is 19.2 Å². The van der Waals surface area contributed by atoms with E-state index in [0.717, 1.165) is 5.56 Å². The monoisotopic (exact) mass is 634 g/mol. The molecule has 240 valence electrons. The number of amides is 3. The second-order valence-corrected chi connectivity index (χ2v) is 11.1. The minimum absolute atomic E-state index is 0.0162. The zero-order valence-corrected chi connectivity index (χ0v) is 25.2. The van der Waals surface area contributed by atoms with Crippen LogP contribution in [0.4, 0.5) is 25.1 Å². The molecule has 0 bridgehead atoms. The lowest BCUT2D eigenvalue weighted by Crippen LogP contribution is -2.60. The Bertz CT molecular complexity index is 1820. The van der Waals surface area contributed by atoms with Crippen LogP contribution in [0.25, 0.3) is 16.9 Å². The molecule has 15 heteroatoms. The predicted molar refractivity (Wildman–Crippen MR) is 163 cm³/mol. The number of carboxylic acids is 1. The Morgan fingerprint density at radius 3 is 2.48 bits per heavy atom. The summed E-state index contributed by atoms with van der Waals surface area (Å²) in [6.45, 7) is 4.15. The lowest BCUT2D eigenvalue weighted by atomic mass is 10.1. The number of aromatic nitrogens is 3. The number of nitrogens with zero attached hydrogens (tertiary/aromatic N) is 6. The number of piperazine rings is 2. The molecule has 0 spiro atoms. The first kappa shape index (κ1) is 30.7. The minimum atomic E-state index is -1.09. The van der Waals surface area contributed by atoms with E-state index in [0.29, 0.717) is 67.7 Å². The molecule has 0 radical (unpaired) electrons. The number of aryl methyl sites for hydroxylation is 1. The van der Waals surface area contributed by atoms with Crippen LogP contribution in [-0.4, -0.2) is 111 Å². The average molecular weight is 635 g/mol. The van der Waals surface area contributed by atoms with Gasteiger partial charge in [-0.3, -0.25) is 14.0 Å². The molecule has 2 saturated heterocycles. The molecule has 4 aromatic rings. The first-order valence-electron chi connectivity index (χ1n) is 14.7. The fraction of sp³-hybridized carbons (Fsp3) is 0.323. The Morgan fingerprint density at radius 1 is 1.00 bits per heavy atom. The summed E-state index contributed by atoms with van der Waals surface area (Å²) in [5.41, 5.74) is 2.62. The summed E-state index contributed by atoms with van der Waals surface area (Å²) in [5.74, 6) is -3.11. The zero-order valence-electron chi connectivity index (χ0n) is 25.2. The Labute approximate surface area is 262 Å². The number of fused-ring (bicyclic) bond motifs is 1. The normalized spacial score (nSPS) is 16.9. The number of carbonyl (C=O) groups is 3. The van der Waals surface area contributed by atoms with Crippen LogP contribution in [0.3, 0.4) is 0 Å². The van der Waals surface area contributed by atoms with Gasteiger partial charge in [0.1, 0.15) is 6.04 Å². The molecule has 6 rings (SSSR count). The number of carboxylic acid groups (broad SMARTS) is 1. The molecule has 2 aliphatic heterocycles. The Morgan fingerprint density at radius 2 is 1.76 bits per heavy atom. The third-order valence-corrected chi connectivity index (χ3v) is 8.27. The molecule has 2 fully saturated rings. The van der Waals surface area contributed by atoms with Crippen LogP contribution < -0.4 is 15.4 Å². The maximum absolute atomic E-state index is 14.8. The van der Waals surface area contributed by atoms with Gasteiger partial charge < -0.3 is 35.2 Å². The molecular formula is C31H32F2N8O5. The number of hydrogen-bond donors (Lipinski definition) is 3. The molecule has 13 nitrogen and oxygen atoms in total. The highest BCUT2D eigenvalue weighted by atomic mass is 19.2. The summed E-state index contributed by atoms with van der Waals surface area (Å²) >= 11 is 0. The molecule has 4 heterocycles. The number of rotatable bonds is 6. The van der Waals surface area contributed by atoms with Crippen molar-refractivity contribution >= 4 is 35.1 Å². The van der Waals surface area contributed by atoms with Crippen molar-refractivity contribution in [1.29, 1.82) is 0 Å². The second kappa shape index (κ2) is 12.6. The van der Waals surface area contributed by atoms with Crippen LogP contribution in [0.2, 0.25) is 0 Å². The molecule has 1 atom stereocenters. The van der Waals surface area contributed by atoms with Crippen molar-refractivity contribution in [2.75, 3.05) is 58.2 Å². The van der Waals surface area contributed by atoms with Crippen molar-refractivity contribution in [1.82, 2.24) is 34.4 Å². The molecule has 2 aromatic carbocycles. The molecule has 3 N–H and O–H groups in total. The number of aliphatic carboxylic acids is 1. The second-order valence-electron chi connectivity index (χ2n) is 11.1. The zero-order chi connectivity index (χ0) is 32.5. The SMILES string of the molecule is COc1ccc(-c2cnc3c(Nc4ccc(C(=O)N5CCN(C(=O)N6CCN[C@@H](C(=O)O)C6)CC5)c(C)c4)nccn23)c(F)c1F. The van der Waals surface area contributed by atoms with E-state index in [1.807, 2.05) is 13.0 Å².